The highest BCUT2D eigenvalue weighted by atomic mass is 32.2. The first-order valence-corrected chi connectivity index (χ1v) is 11.6. The van der Waals surface area contributed by atoms with Crippen LogP contribution in [0.1, 0.15) is 23.5 Å². The van der Waals surface area contributed by atoms with Gasteiger partial charge in [0.05, 0.1) is 29.8 Å². The number of carbonyl (C=O) groups is 1. The maximum absolute atomic E-state index is 13.2. The molecule has 2 heterocycles. The van der Waals surface area contributed by atoms with Gasteiger partial charge in [0, 0.05) is 31.0 Å². The highest BCUT2D eigenvalue weighted by molar-refractivity contribution is 7.89. The molecule has 158 valence electrons. The van der Waals surface area contributed by atoms with Crippen molar-refractivity contribution >= 4 is 27.3 Å². The van der Waals surface area contributed by atoms with Crippen LogP contribution in [0.15, 0.2) is 28.5 Å². The molecule has 10 heteroatoms. The highest BCUT2D eigenvalue weighted by Crippen LogP contribution is 2.33. The molecule has 1 aromatic carbocycles. The molecule has 1 fully saturated rings. The summed E-state index contributed by atoms with van der Waals surface area (Å²) < 4.78 is 38.0. The number of ether oxygens (including phenoxy) is 2. The van der Waals surface area contributed by atoms with E-state index in [0.717, 1.165) is 10.7 Å². The van der Waals surface area contributed by atoms with E-state index in [0.29, 0.717) is 43.9 Å². The van der Waals surface area contributed by atoms with Crippen molar-refractivity contribution in [1.29, 1.82) is 0 Å². The van der Waals surface area contributed by atoms with Gasteiger partial charge in [-0.15, -0.1) is 11.3 Å². The van der Waals surface area contributed by atoms with E-state index in [4.69, 9.17) is 9.47 Å². The van der Waals surface area contributed by atoms with E-state index in [1.165, 1.54) is 30.7 Å². The predicted molar refractivity (Wildman–Crippen MR) is 110 cm³/mol. The molecule has 1 saturated heterocycles. The van der Waals surface area contributed by atoms with Crippen molar-refractivity contribution < 1.29 is 22.7 Å². The second kappa shape index (κ2) is 9.10. The average molecular weight is 440 g/mol. The number of hydrogen-bond acceptors (Lipinski definition) is 7. The van der Waals surface area contributed by atoms with E-state index >= 15 is 0 Å². The molecule has 0 saturated carbocycles. The fourth-order valence-corrected chi connectivity index (χ4v) is 5.68. The predicted octanol–water partition coefficient (Wildman–Crippen LogP) is 1.98. The largest absolute Gasteiger partial charge is 0.493 e. The Bertz CT molecular complexity index is 974. The summed E-state index contributed by atoms with van der Waals surface area (Å²) in [6.07, 6.45) is 1.75. The average Bonchev–Trinajstić information content (AvgIpc) is 3.36. The molecule has 1 aromatic heterocycles. The molecule has 1 aliphatic rings. The van der Waals surface area contributed by atoms with Gasteiger partial charge in [0.25, 0.3) is 0 Å². The van der Waals surface area contributed by atoms with Gasteiger partial charge in [-0.1, -0.05) is 0 Å². The molecule has 0 spiro atoms. The third-order valence-corrected chi connectivity index (χ3v) is 7.54. The number of rotatable bonds is 8. The van der Waals surface area contributed by atoms with Gasteiger partial charge >= 0.3 is 0 Å². The van der Waals surface area contributed by atoms with Crippen LogP contribution in [0, 0.1) is 6.92 Å². The first kappa shape index (κ1) is 21.5. The summed E-state index contributed by atoms with van der Waals surface area (Å²) in [5, 5.41) is 5.80. The maximum atomic E-state index is 13.2. The first-order valence-electron chi connectivity index (χ1n) is 9.29. The molecule has 1 unspecified atom stereocenters. The number of methoxy groups -OCH3 is 2. The Labute approximate surface area is 174 Å². The third-order valence-electron chi connectivity index (χ3n) is 4.81. The number of hydrogen-bond donors (Lipinski definition) is 1. The lowest BCUT2D eigenvalue weighted by Gasteiger charge is -2.23. The second-order valence-corrected chi connectivity index (χ2v) is 9.64. The number of thiazole rings is 1. The summed E-state index contributed by atoms with van der Waals surface area (Å²) in [6.45, 7) is 2.66. The van der Waals surface area contributed by atoms with Crippen LogP contribution in [0.25, 0.3) is 0 Å². The number of benzene rings is 1. The molecule has 1 amide bonds. The lowest BCUT2D eigenvalue weighted by Crippen LogP contribution is -2.46. The number of aromatic nitrogens is 1. The minimum Gasteiger partial charge on any atom is -0.493 e. The smallest absolute Gasteiger partial charge is 0.243 e. The molecular formula is C19H25N3O5S2. The number of nitrogens with one attached hydrogen (secondary N) is 1. The van der Waals surface area contributed by atoms with Crippen molar-refractivity contribution in [3.05, 3.63) is 34.3 Å². The van der Waals surface area contributed by atoms with Crippen LogP contribution in [0.4, 0.5) is 0 Å². The fraction of sp³-hybridized carbons (Fsp3) is 0.474. The summed E-state index contributed by atoms with van der Waals surface area (Å²) >= 11 is 1.56. The van der Waals surface area contributed by atoms with Gasteiger partial charge in [0.1, 0.15) is 6.04 Å². The molecule has 0 radical (unpaired) electrons. The molecule has 2 aromatic rings. The van der Waals surface area contributed by atoms with Crippen LogP contribution in [0.5, 0.6) is 11.5 Å². The number of aryl methyl sites for hydroxylation is 1. The SMILES string of the molecule is COc1ccc(S(=O)(=O)N2CCCC2C(=O)NCCc2csc(C)n2)cc1OC. The van der Waals surface area contributed by atoms with Crippen LogP contribution in [-0.2, 0) is 21.2 Å². The van der Waals surface area contributed by atoms with Gasteiger partial charge < -0.3 is 14.8 Å². The van der Waals surface area contributed by atoms with Crippen molar-refractivity contribution in [2.24, 2.45) is 0 Å². The molecule has 1 atom stereocenters. The quantitative estimate of drug-likeness (QED) is 0.675. The Hall–Kier alpha value is -2.17. The molecule has 0 aliphatic carbocycles. The van der Waals surface area contributed by atoms with E-state index < -0.39 is 16.1 Å². The third kappa shape index (κ3) is 4.71. The van der Waals surface area contributed by atoms with E-state index in [9.17, 15) is 13.2 Å². The van der Waals surface area contributed by atoms with Crippen molar-refractivity contribution in [3.63, 3.8) is 0 Å². The van der Waals surface area contributed by atoms with Crippen molar-refractivity contribution in [3.8, 4) is 11.5 Å². The summed E-state index contributed by atoms with van der Waals surface area (Å²) in [6, 6.07) is 3.72. The lowest BCUT2D eigenvalue weighted by molar-refractivity contribution is -0.124. The van der Waals surface area contributed by atoms with E-state index in [1.807, 2.05) is 12.3 Å². The summed E-state index contributed by atoms with van der Waals surface area (Å²) in [7, 11) is -0.904. The van der Waals surface area contributed by atoms with Crippen molar-refractivity contribution in [1.82, 2.24) is 14.6 Å². The molecule has 1 aliphatic heterocycles. The summed E-state index contributed by atoms with van der Waals surface area (Å²) in [5.41, 5.74) is 0.925. The molecular weight excluding hydrogens is 414 g/mol. The maximum Gasteiger partial charge on any atom is 0.243 e. The minimum absolute atomic E-state index is 0.0767. The molecule has 29 heavy (non-hydrogen) atoms. The first-order chi connectivity index (χ1) is 13.9. The molecule has 8 nitrogen and oxygen atoms in total. The van der Waals surface area contributed by atoms with Gasteiger partial charge in [-0.25, -0.2) is 13.4 Å². The Balaban J connectivity index is 1.70. The van der Waals surface area contributed by atoms with Crippen LogP contribution in [0.3, 0.4) is 0 Å². The molecule has 3 rings (SSSR count). The fourth-order valence-electron chi connectivity index (χ4n) is 3.36. The van der Waals surface area contributed by atoms with Crippen LogP contribution < -0.4 is 14.8 Å². The van der Waals surface area contributed by atoms with Gasteiger partial charge in [-0.3, -0.25) is 4.79 Å². The van der Waals surface area contributed by atoms with Crippen LogP contribution in [-0.4, -0.2) is 57.0 Å². The van der Waals surface area contributed by atoms with Crippen molar-refractivity contribution in [2.75, 3.05) is 27.3 Å². The Kier molecular flexibility index (Phi) is 6.76. The molecule has 1 N–H and O–H groups in total. The van der Waals surface area contributed by atoms with Gasteiger partial charge in [-0.2, -0.15) is 4.31 Å². The zero-order valence-corrected chi connectivity index (χ0v) is 18.3. The normalized spacial score (nSPS) is 17.3. The Morgan fingerprint density at radius 2 is 2.07 bits per heavy atom. The van der Waals surface area contributed by atoms with E-state index in [-0.39, 0.29) is 10.8 Å². The summed E-state index contributed by atoms with van der Waals surface area (Å²) in [5.74, 6) is 0.491. The summed E-state index contributed by atoms with van der Waals surface area (Å²) in [4.78, 5) is 17.1. The van der Waals surface area contributed by atoms with Crippen LogP contribution in [0.2, 0.25) is 0 Å². The van der Waals surface area contributed by atoms with E-state index in [1.54, 1.807) is 17.4 Å². The second-order valence-electron chi connectivity index (χ2n) is 6.69. The van der Waals surface area contributed by atoms with Gasteiger partial charge in [0.15, 0.2) is 11.5 Å². The highest BCUT2D eigenvalue weighted by Gasteiger charge is 2.39. The van der Waals surface area contributed by atoms with Gasteiger partial charge in [0.2, 0.25) is 15.9 Å². The molecule has 0 bridgehead atoms. The Morgan fingerprint density at radius 3 is 2.72 bits per heavy atom. The van der Waals surface area contributed by atoms with Gasteiger partial charge in [-0.05, 0) is 31.9 Å². The topological polar surface area (TPSA) is 97.8 Å². The number of nitrogens with zero attached hydrogens (tertiary/aromatic N) is 2. The monoisotopic (exact) mass is 439 g/mol. The standard InChI is InChI=1S/C19H25N3O5S2/c1-13-21-14(12-28-13)8-9-20-19(23)16-5-4-10-22(16)29(24,25)15-6-7-17(26-2)18(11-15)27-3/h6-7,11-12,16H,4-5,8-10H2,1-3H3,(H,20,23). The Morgan fingerprint density at radius 1 is 1.31 bits per heavy atom. The lowest BCUT2D eigenvalue weighted by atomic mass is 10.2. The zero-order valence-electron chi connectivity index (χ0n) is 16.7. The zero-order chi connectivity index (χ0) is 21.0. The minimum atomic E-state index is -3.84. The number of sulfonamides is 1. The number of amides is 1. The van der Waals surface area contributed by atoms with Crippen molar-refractivity contribution in [2.45, 2.75) is 37.1 Å². The van der Waals surface area contributed by atoms with E-state index in [2.05, 4.69) is 10.3 Å². The van der Waals surface area contributed by atoms with Crippen LogP contribution >= 0.6 is 11.3 Å². The number of carbonyl (C=O) groups excluding carboxylic acids is 1.